The summed E-state index contributed by atoms with van der Waals surface area (Å²) in [6.07, 6.45) is 5.83. The van der Waals surface area contributed by atoms with Crippen LogP contribution in [0.5, 0.6) is 0 Å². The van der Waals surface area contributed by atoms with E-state index in [1.807, 2.05) is 13.0 Å². The van der Waals surface area contributed by atoms with Crippen molar-refractivity contribution in [1.29, 1.82) is 0 Å². The number of aromatic nitrogens is 2. The minimum atomic E-state index is -0.673. The molecule has 1 saturated carbocycles. The van der Waals surface area contributed by atoms with Gasteiger partial charge in [-0.05, 0) is 25.8 Å². The van der Waals surface area contributed by atoms with Crippen LogP contribution < -0.4 is 0 Å². The molecule has 86 valence electrons. The van der Waals surface area contributed by atoms with Crippen LogP contribution in [0.25, 0.3) is 0 Å². The molecule has 1 heterocycles. The second kappa shape index (κ2) is 5.49. The molecule has 16 heavy (non-hydrogen) atoms. The molecule has 1 aliphatic carbocycles. The molecule has 0 aliphatic heterocycles. The predicted molar refractivity (Wildman–Crippen MR) is 54.1 cm³/mol. The number of aryl methyl sites for hydroxylation is 1. The first kappa shape index (κ1) is 12.5. The molecule has 0 radical (unpaired) electrons. The maximum Gasteiger partial charge on any atom is 0.373 e. The van der Waals surface area contributed by atoms with Gasteiger partial charge in [0.25, 0.3) is 0 Å². The van der Waals surface area contributed by atoms with E-state index in [0.29, 0.717) is 0 Å². The normalized spacial score (nSPS) is 17.1. The summed E-state index contributed by atoms with van der Waals surface area (Å²) in [7, 11) is 0. The average molecular weight is 222 g/mol. The van der Waals surface area contributed by atoms with Crippen LogP contribution in [-0.4, -0.2) is 21.2 Å². The zero-order chi connectivity index (χ0) is 12.0. The summed E-state index contributed by atoms with van der Waals surface area (Å²) < 4.78 is 0. The third kappa shape index (κ3) is 2.95. The van der Waals surface area contributed by atoms with Gasteiger partial charge in [-0.2, -0.15) is 9.59 Å². The molecule has 1 fully saturated rings. The first-order chi connectivity index (χ1) is 7.62. The molecule has 2 rings (SSSR count). The summed E-state index contributed by atoms with van der Waals surface area (Å²) in [5.74, 6) is 0.734. The maximum absolute atomic E-state index is 10.2. The minimum Gasteiger partial charge on any atom is -0.384 e. The molecule has 0 saturated heterocycles. The van der Waals surface area contributed by atoms with Crippen LogP contribution in [0.4, 0.5) is 0 Å². The van der Waals surface area contributed by atoms with E-state index in [1.165, 1.54) is 0 Å². The Morgan fingerprint density at radius 2 is 1.94 bits per heavy atom. The molecular weight excluding hydrogens is 208 g/mol. The third-order valence-electron chi connectivity index (χ3n) is 2.68. The monoisotopic (exact) mass is 222 g/mol. The van der Waals surface area contributed by atoms with Crippen molar-refractivity contribution in [2.45, 2.75) is 38.2 Å². The van der Waals surface area contributed by atoms with Gasteiger partial charge in [0.2, 0.25) is 0 Å². The minimum absolute atomic E-state index is 0.250. The molecule has 1 N–H and O–H groups in total. The molecular formula is C11H14N2O3. The van der Waals surface area contributed by atoms with Gasteiger partial charge in [-0.15, -0.1) is 0 Å². The summed E-state index contributed by atoms with van der Waals surface area (Å²) in [6, 6.07) is 1.82. The van der Waals surface area contributed by atoms with Crippen molar-refractivity contribution < 1.29 is 14.7 Å². The van der Waals surface area contributed by atoms with E-state index in [2.05, 4.69) is 9.97 Å². The Balaban J connectivity index is 0.000000386. The van der Waals surface area contributed by atoms with Crippen molar-refractivity contribution in [1.82, 2.24) is 9.97 Å². The molecule has 5 nitrogen and oxygen atoms in total. The van der Waals surface area contributed by atoms with Gasteiger partial charge >= 0.3 is 6.15 Å². The molecule has 1 aromatic heterocycles. The van der Waals surface area contributed by atoms with Gasteiger partial charge in [-0.3, -0.25) is 0 Å². The number of nitrogens with zero attached hydrogens (tertiary/aromatic N) is 2. The summed E-state index contributed by atoms with van der Waals surface area (Å²) in [6.45, 7) is 1.85. The van der Waals surface area contributed by atoms with Crippen molar-refractivity contribution in [3.8, 4) is 0 Å². The molecule has 5 heteroatoms. The molecule has 0 amide bonds. The highest BCUT2D eigenvalue weighted by Gasteiger charge is 2.34. The average Bonchev–Trinajstić information content (AvgIpc) is 2.68. The molecule has 0 unspecified atom stereocenters. The Morgan fingerprint density at radius 3 is 2.44 bits per heavy atom. The number of hydrogen-bond donors (Lipinski definition) is 1. The van der Waals surface area contributed by atoms with Gasteiger partial charge in [-0.1, -0.05) is 12.8 Å². The number of carbonyl (C=O) groups excluding carboxylic acids is 2. The molecule has 0 aromatic carbocycles. The summed E-state index contributed by atoms with van der Waals surface area (Å²) in [5.41, 5.74) is 0.116. The van der Waals surface area contributed by atoms with Crippen molar-refractivity contribution in [2.24, 2.45) is 0 Å². The molecule has 1 aliphatic rings. The SMILES string of the molecule is Cc1nccc(C2(O)CCCC2)n1.O=C=O. The lowest BCUT2D eigenvalue weighted by Crippen LogP contribution is -2.22. The smallest absolute Gasteiger partial charge is 0.373 e. The lowest BCUT2D eigenvalue weighted by atomic mass is 9.98. The van der Waals surface area contributed by atoms with E-state index in [9.17, 15) is 5.11 Å². The Hall–Kier alpha value is -1.58. The molecule has 0 bridgehead atoms. The Morgan fingerprint density at radius 1 is 1.38 bits per heavy atom. The summed E-state index contributed by atoms with van der Waals surface area (Å²) in [5, 5.41) is 10.2. The van der Waals surface area contributed by atoms with Gasteiger partial charge in [-0.25, -0.2) is 9.97 Å². The quantitative estimate of drug-likeness (QED) is 0.765. The Labute approximate surface area is 93.5 Å². The maximum atomic E-state index is 10.2. The summed E-state index contributed by atoms with van der Waals surface area (Å²) in [4.78, 5) is 24.5. The zero-order valence-electron chi connectivity index (χ0n) is 9.14. The van der Waals surface area contributed by atoms with Crippen LogP contribution in [0.2, 0.25) is 0 Å². The molecule has 0 atom stereocenters. The number of rotatable bonds is 1. The van der Waals surface area contributed by atoms with Gasteiger partial charge in [0.05, 0.1) is 5.69 Å². The van der Waals surface area contributed by atoms with Gasteiger partial charge < -0.3 is 5.11 Å². The molecule has 0 spiro atoms. The highest BCUT2D eigenvalue weighted by Crippen LogP contribution is 2.37. The van der Waals surface area contributed by atoms with Crippen LogP contribution in [0.3, 0.4) is 0 Å². The Bertz CT molecular complexity index is 381. The van der Waals surface area contributed by atoms with E-state index in [-0.39, 0.29) is 6.15 Å². The van der Waals surface area contributed by atoms with Crippen LogP contribution in [-0.2, 0) is 15.2 Å². The van der Waals surface area contributed by atoms with Crippen molar-refractivity contribution in [3.63, 3.8) is 0 Å². The fraction of sp³-hybridized carbons (Fsp3) is 0.545. The van der Waals surface area contributed by atoms with E-state index in [0.717, 1.165) is 37.2 Å². The lowest BCUT2D eigenvalue weighted by molar-refractivity contribution is -0.191. The van der Waals surface area contributed by atoms with E-state index >= 15 is 0 Å². The first-order valence-corrected chi connectivity index (χ1v) is 5.14. The molecule has 1 aromatic rings. The van der Waals surface area contributed by atoms with Crippen LogP contribution in [0, 0.1) is 6.92 Å². The topological polar surface area (TPSA) is 80.2 Å². The highest BCUT2D eigenvalue weighted by atomic mass is 16.3. The van der Waals surface area contributed by atoms with Crippen LogP contribution >= 0.6 is 0 Å². The first-order valence-electron chi connectivity index (χ1n) is 5.14. The van der Waals surface area contributed by atoms with Gasteiger partial charge in [0, 0.05) is 6.20 Å². The van der Waals surface area contributed by atoms with E-state index in [4.69, 9.17) is 9.59 Å². The fourth-order valence-electron chi connectivity index (χ4n) is 1.93. The van der Waals surface area contributed by atoms with Gasteiger partial charge in [0.15, 0.2) is 0 Å². The number of aliphatic hydroxyl groups is 1. The fourth-order valence-corrected chi connectivity index (χ4v) is 1.93. The van der Waals surface area contributed by atoms with Crippen molar-refractivity contribution in [2.75, 3.05) is 0 Å². The van der Waals surface area contributed by atoms with Crippen molar-refractivity contribution >= 4 is 6.15 Å². The van der Waals surface area contributed by atoms with Gasteiger partial charge in [0.1, 0.15) is 11.4 Å². The van der Waals surface area contributed by atoms with E-state index < -0.39 is 5.60 Å². The number of hydrogen-bond acceptors (Lipinski definition) is 5. The van der Waals surface area contributed by atoms with Crippen LogP contribution in [0.1, 0.15) is 37.2 Å². The van der Waals surface area contributed by atoms with Crippen LogP contribution in [0.15, 0.2) is 12.3 Å². The largest absolute Gasteiger partial charge is 0.384 e. The zero-order valence-corrected chi connectivity index (χ0v) is 9.14. The van der Waals surface area contributed by atoms with Crippen molar-refractivity contribution in [3.05, 3.63) is 23.8 Å². The highest BCUT2D eigenvalue weighted by molar-refractivity contribution is 5.20. The predicted octanol–water partition coefficient (Wildman–Crippen LogP) is 0.963. The standard InChI is InChI=1S/C10H14N2O.CO2/c1-8-11-7-4-9(12-8)10(13)5-2-3-6-10;2-1-3/h4,7,13H,2-3,5-6H2,1H3;. The lowest BCUT2D eigenvalue weighted by Gasteiger charge is -2.21. The third-order valence-corrected chi connectivity index (χ3v) is 2.68. The Kier molecular flexibility index (Phi) is 4.28. The van der Waals surface area contributed by atoms with E-state index in [1.54, 1.807) is 6.20 Å². The second-order valence-corrected chi connectivity index (χ2v) is 3.81. The second-order valence-electron chi connectivity index (χ2n) is 3.81. The summed E-state index contributed by atoms with van der Waals surface area (Å²) >= 11 is 0.